The number of carbonyl (C=O) groups is 3. The van der Waals surface area contributed by atoms with Crippen LogP contribution in [-0.2, 0) is 4.79 Å². The summed E-state index contributed by atoms with van der Waals surface area (Å²) in [5.74, 6) is -0.572. The fraction of sp³-hybridized carbons (Fsp3) is 0.222. The molecule has 1 aliphatic heterocycles. The van der Waals surface area contributed by atoms with Crippen molar-refractivity contribution in [3.05, 3.63) is 58.4 Å². The van der Waals surface area contributed by atoms with E-state index in [0.717, 1.165) is 5.56 Å². The van der Waals surface area contributed by atoms with Crippen LogP contribution in [0.5, 0.6) is 0 Å². The fourth-order valence-corrected chi connectivity index (χ4v) is 4.09. The number of hydrogen-bond donors (Lipinski definition) is 2. The molecule has 1 saturated heterocycles. The predicted octanol–water partition coefficient (Wildman–Crippen LogP) is 2.30. The van der Waals surface area contributed by atoms with Crippen molar-refractivity contribution in [3.63, 3.8) is 0 Å². The number of aryl methyl sites for hydroxylation is 1. The molecule has 1 aromatic heterocycles. The lowest BCUT2D eigenvalue weighted by Gasteiger charge is -2.23. The second-order valence-corrected chi connectivity index (χ2v) is 7.41. The minimum atomic E-state index is -0.723. The molecule has 9 heteroatoms. The molecular formula is C18H17ClN4O3S. The third-order valence-corrected chi connectivity index (χ3v) is 5.37. The van der Waals surface area contributed by atoms with Crippen molar-refractivity contribution < 1.29 is 14.4 Å². The average Bonchev–Trinajstić information content (AvgIpc) is 3.10. The molecule has 7 nitrogen and oxygen atoms in total. The van der Waals surface area contributed by atoms with Crippen LogP contribution in [0.2, 0.25) is 5.15 Å². The van der Waals surface area contributed by atoms with E-state index in [1.807, 2.05) is 25.1 Å². The molecule has 0 radical (unpaired) electrons. The molecule has 0 saturated carbocycles. The molecule has 2 aromatic rings. The number of nitrogens with zero attached hydrogens (tertiary/aromatic N) is 2. The Morgan fingerprint density at radius 2 is 2.07 bits per heavy atom. The van der Waals surface area contributed by atoms with E-state index >= 15 is 0 Å². The average molecular weight is 405 g/mol. The molecule has 2 heterocycles. The highest BCUT2D eigenvalue weighted by Crippen LogP contribution is 2.25. The van der Waals surface area contributed by atoms with E-state index in [4.69, 9.17) is 17.3 Å². The monoisotopic (exact) mass is 404 g/mol. The van der Waals surface area contributed by atoms with Gasteiger partial charge in [0.2, 0.25) is 5.91 Å². The van der Waals surface area contributed by atoms with E-state index < -0.39 is 17.9 Å². The van der Waals surface area contributed by atoms with Gasteiger partial charge in [0.25, 0.3) is 11.8 Å². The van der Waals surface area contributed by atoms with Crippen LogP contribution in [0.15, 0.2) is 36.4 Å². The number of thioether (sulfide) groups is 1. The van der Waals surface area contributed by atoms with Crippen molar-refractivity contribution in [2.45, 2.75) is 13.0 Å². The lowest BCUT2D eigenvalue weighted by atomic mass is 10.2. The molecule has 1 aliphatic rings. The highest BCUT2D eigenvalue weighted by atomic mass is 35.5. The molecule has 0 spiro atoms. The van der Waals surface area contributed by atoms with Crippen LogP contribution in [0.3, 0.4) is 0 Å². The Balaban J connectivity index is 1.77. The van der Waals surface area contributed by atoms with E-state index in [9.17, 15) is 14.4 Å². The number of hydrogen-bond acceptors (Lipinski definition) is 5. The number of nitrogens with one attached hydrogen (secondary N) is 1. The smallest absolute Gasteiger partial charge is 0.273 e. The molecule has 1 atom stereocenters. The lowest BCUT2D eigenvalue weighted by Crippen LogP contribution is -2.44. The number of aromatic nitrogens is 1. The Morgan fingerprint density at radius 3 is 2.74 bits per heavy atom. The zero-order valence-electron chi connectivity index (χ0n) is 14.4. The van der Waals surface area contributed by atoms with Gasteiger partial charge in [0.15, 0.2) is 0 Å². The molecule has 3 amide bonds. The molecule has 3 rings (SSSR count). The number of pyridine rings is 1. The molecule has 27 heavy (non-hydrogen) atoms. The first-order valence-corrected chi connectivity index (χ1v) is 9.62. The summed E-state index contributed by atoms with van der Waals surface area (Å²) in [6.07, 6.45) is 0. The van der Waals surface area contributed by atoms with Gasteiger partial charge in [-0.15, -0.1) is 11.8 Å². The Kier molecular flexibility index (Phi) is 5.67. The lowest BCUT2D eigenvalue weighted by molar-refractivity contribution is -0.119. The minimum absolute atomic E-state index is 0.0396. The molecule has 0 aliphatic carbocycles. The summed E-state index contributed by atoms with van der Waals surface area (Å²) in [6.45, 7) is 1.93. The van der Waals surface area contributed by atoms with Gasteiger partial charge in [0.05, 0.1) is 11.4 Å². The first-order valence-electron chi connectivity index (χ1n) is 8.09. The van der Waals surface area contributed by atoms with E-state index in [1.165, 1.54) is 28.8 Å². The summed E-state index contributed by atoms with van der Waals surface area (Å²) >= 11 is 7.41. The minimum Gasteiger partial charge on any atom is -0.366 e. The third-order valence-electron chi connectivity index (χ3n) is 4.06. The number of primary amides is 1. The zero-order valence-corrected chi connectivity index (χ0v) is 16.0. The van der Waals surface area contributed by atoms with Crippen LogP contribution in [-0.4, -0.2) is 45.3 Å². The highest BCUT2D eigenvalue weighted by Gasteiger charge is 2.36. The second kappa shape index (κ2) is 7.98. The molecule has 140 valence electrons. The summed E-state index contributed by atoms with van der Waals surface area (Å²) in [6, 6.07) is 9.55. The van der Waals surface area contributed by atoms with Crippen molar-refractivity contribution in [2.75, 3.05) is 16.9 Å². The Hall–Kier alpha value is -2.58. The van der Waals surface area contributed by atoms with Gasteiger partial charge in [-0.25, -0.2) is 4.98 Å². The van der Waals surface area contributed by atoms with Gasteiger partial charge in [-0.2, -0.15) is 0 Å². The molecule has 0 unspecified atom stereocenters. The number of rotatable bonds is 4. The highest BCUT2D eigenvalue weighted by molar-refractivity contribution is 7.99. The molecule has 1 aromatic carbocycles. The predicted molar refractivity (Wildman–Crippen MR) is 105 cm³/mol. The quantitative estimate of drug-likeness (QED) is 0.760. The van der Waals surface area contributed by atoms with Crippen LogP contribution >= 0.6 is 23.4 Å². The SMILES string of the molecule is Cc1cccc(NC(=O)[C@@H]2CSCN2C(=O)c2ccc(C(N)=O)c(Cl)n2)c1. The summed E-state index contributed by atoms with van der Waals surface area (Å²) in [4.78, 5) is 42.1. The first-order chi connectivity index (χ1) is 12.9. The number of carbonyl (C=O) groups excluding carboxylic acids is 3. The van der Waals surface area contributed by atoms with Crippen LogP contribution in [0, 0.1) is 6.92 Å². The Morgan fingerprint density at radius 1 is 1.30 bits per heavy atom. The normalized spacial score (nSPS) is 16.2. The molecule has 3 N–H and O–H groups in total. The van der Waals surface area contributed by atoms with Crippen molar-refractivity contribution in [2.24, 2.45) is 5.73 Å². The summed E-state index contributed by atoms with van der Waals surface area (Å²) in [5.41, 5.74) is 6.99. The van der Waals surface area contributed by atoms with Crippen molar-refractivity contribution in [1.29, 1.82) is 0 Å². The summed E-state index contributed by atoms with van der Waals surface area (Å²) in [5, 5.41) is 2.70. The zero-order chi connectivity index (χ0) is 19.6. The van der Waals surface area contributed by atoms with E-state index in [1.54, 1.807) is 6.07 Å². The van der Waals surface area contributed by atoms with Crippen LogP contribution in [0.25, 0.3) is 0 Å². The van der Waals surface area contributed by atoms with Gasteiger partial charge in [-0.1, -0.05) is 23.7 Å². The van der Waals surface area contributed by atoms with Crippen molar-refractivity contribution in [1.82, 2.24) is 9.88 Å². The maximum Gasteiger partial charge on any atom is 0.273 e. The van der Waals surface area contributed by atoms with Gasteiger partial charge in [-0.3, -0.25) is 14.4 Å². The van der Waals surface area contributed by atoms with E-state index in [2.05, 4.69) is 10.3 Å². The van der Waals surface area contributed by atoms with Gasteiger partial charge in [0.1, 0.15) is 16.9 Å². The Bertz CT molecular complexity index is 921. The number of nitrogens with two attached hydrogens (primary N) is 1. The van der Waals surface area contributed by atoms with E-state index in [-0.39, 0.29) is 22.3 Å². The third kappa shape index (κ3) is 4.23. The number of halogens is 1. The molecular weight excluding hydrogens is 388 g/mol. The van der Waals surface area contributed by atoms with Crippen LogP contribution in [0.1, 0.15) is 26.4 Å². The maximum absolute atomic E-state index is 12.8. The second-order valence-electron chi connectivity index (χ2n) is 6.05. The number of anilines is 1. The van der Waals surface area contributed by atoms with Gasteiger partial charge >= 0.3 is 0 Å². The number of amides is 3. The van der Waals surface area contributed by atoms with Crippen LogP contribution in [0.4, 0.5) is 5.69 Å². The Labute approximate surface area is 165 Å². The topological polar surface area (TPSA) is 105 Å². The van der Waals surface area contributed by atoms with E-state index in [0.29, 0.717) is 17.3 Å². The maximum atomic E-state index is 12.8. The largest absolute Gasteiger partial charge is 0.366 e. The summed E-state index contributed by atoms with van der Waals surface area (Å²) in [7, 11) is 0. The van der Waals surface area contributed by atoms with Crippen molar-refractivity contribution in [3.8, 4) is 0 Å². The summed E-state index contributed by atoms with van der Waals surface area (Å²) < 4.78 is 0. The first kappa shape index (κ1) is 19.2. The van der Waals surface area contributed by atoms with Crippen molar-refractivity contribution >= 4 is 46.8 Å². The molecule has 0 bridgehead atoms. The van der Waals surface area contributed by atoms with Gasteiger partial charge < -0.3 is 16.0 Å². The van der Waals surface area contributed by atoms with Crippen LogP contribution < -0.4 is 11.1 Å². The van der Waals surface area contributed by atoms with Gasteiger partial charge in [-0.05, 0) is 36.8 Å². The molecule has 1 fully saturated rings. The standard InChI is InChI=1S/C18H17ClN4O3S/c1-10-3-2-4-11(7-10)21-17(25)14-8-27-9-23(14)18(26)13-6-5-12(16(20)24)15(19)22-13/h2-7,14H,8-9H2,1H3,(H2,20,24)(H,21,25)/t14-/m0/s1. The fourth-order valence-electron chi connectivity index (χ4n) is 2.69. The number of benzene rings is 1. The van der Waals surface area contributed by atoms with Gasteiger partial charge in [0, 0.05) is 11.4 Å².